The Kier molecular flexibility index (Phi) is 6.32. The molecule has 0 bridgehead atoms. The molecule has 0 radical (unpaired) electrons. The maximum atomic E-state index is 13.2. The summed E-state index contributed by atoms with van der Waals surface area (Å²) in [6, 6.07) is 14.2. The van der Waals surface area contributed by atoms with E-state index in [1.54, 1.807) is 51.2 Å². The zero-order chi connectivity index (χ0) is 21.8. The minimum atomic E-state index is -0.303. The number of aromatic nitrogens is 2. The molecule has 7 heteroatoms. The van der Waals surface area contributed by atoms with Gasteiger partial charge < -0.3 is 9.80 Å². The third kappa shape index (κ3) is 4.77. The van der Waals surface area contributed by atoms with Crippen LogP contribution in [0.5, 0.6) is 0 Å². The number of benzene rings is 1. The fraction of sp³-hybridized carbons (Fsp3) is 0.292. The first-order chi connectivity index (χ1) is 15.0. The van der Waals surface area contributed by atoms with E-state index < -0.39 is 0 Å². The van der Waals surface area contributed by atoms with Crippen molar-refractivity contribution in [1.29, 1.82) is 0 Å². The van der Waals surface area contributed by atoms with Gasteiger partial charge in [0.25, 0.3) is 5.91 Å². The Morgan fingerprint density at radius 3 is 2.68 bits per heavy atom. The third-order valence-corrected chi connectivity index (χ3v) is 6.47. The number of thiophene rings is 1. The van der Waals surface area contributed by atoms with Crippen LogP contribution in [-0.4, -0.2) is 57.6 Å². The highest BCUT2D eigenvalue weighted by Crippen LogP contribution is 2.26. The molecule has 3 aromatic rings. The number of carbonyl (C=O) groups is 2. The Balaban J connectivity index is 1.54. The Labute approximate surface area is 186 Å². The van der Waals surface area contributed by atoms with Gasteiger partial charge in [-0.15, -0.1) is 17.9 Å². The second-order valence-corrected chi connectivity index (χ2v) is 8.72. The van der Waals surface area contributed by atoms with Crippen molar-refractivity contribution < 1.29 is 9.59 Å². The predicted molar refractivity (Wildman–Crippen MR) is 123 cm³/mol. The van der Waals surface area contributed by atoms with Gasteiger partial charge in [0, 0.05) is 44.3 Å². The molecule has 2 amide bonds. The lowest BCUT2D eigenvalue weighted by Gasteiger charge is -2.23. The van der Waals surface area contributed by atoms with E-state index in [2.05, 4.69) is 47.4 Å². The van der Waals surface area contributed by atoms with Crippen molar-refractivity contribution in [2.75, 3.05) is 26.2 Å². The number of amides is 2. The topological polar surface area (TPSA) is 58.4 Å². The molecule has 1 unspecified atom stereocenters. The van der Waals surface area contributed by atoms with Crippen molar-refractivity contribution in [3.8, 4) is 10.4 Å². The van der Waals surface area contributed by atoms with E-state index in [9.17, 15) is 9.59 Å². The molecule has 4 rings (SSSR count). The summed E-state index contributed by atoms with van der Waals surface area (Å²) in [5.41, 5.74) is 2.67. The predicted octanol–water partition coefficient (Wildman–Crippen LogP) is 3.48. The number of hydrogen-bond donors (Lipinski definition) is 0. The lowest BCUT2D eigenvalue weighted by atomic mass is 9.96. The van der Waals surface area contributed by atoms with Gasteiger partial charge in [0.2, 0.25) is 5.91 Å². The number of nitrogens with zero attached hydrogens (tertiary/aromatic N) is 4. The highest BCUT2D eigenvalue weighted by atomic mass is 32.1. The fourth-order valence-corrected chi connectivity index (χ4v) is 4.68. The Hall–Kier alpha value is -3.19. The van der Waals surface area contributed by atoms with Crippen LogP contribution in [0.15, 0.2) is 66.7 Å². The van der Waals surface area contributed by atoms with E-state index in [0.29, 0.717) is 38.3 Å². The van der Waals surface area contributed by atoms with Crippen LogP contribution in [0.1, 0.15) is 16.1 Å². The molecule has 2 aromatic heterocycles. The average Bonchev–Trinajstić information content (AvgIpc) is 3.44. The van der Waals surface area contributed by atoms with Crippen LogP contribution in [0.3, 0.4) is 0 Å². The molecule has 160 valence electrons. The van der Waals surface area contributed by atoms with Gasteiger partial charge in [0.15, 0.2) is 0 Å². The first-order valence-electron chi connectivity index (χ1n) is 10.4. The molecule has 1 aliphatic heterocycles. The van der Waals surface area contributed by atoms with Gasteiger partial charge in [-0.1, -0.05) is 36.4 Å². The lowest BCUT2D eigenvalue weighted by Crippen LogP contribution is -2.38. The van der Waals surface area contributed by atoms with Crippen molar-refractivity contribution in [2.24, 2.45) is 13.0 Å². The monoisotopic (exact) mass is 434 g/mol. The number of rotatable bonds is 6. The van der Waals surface area contributed by atoms with Crippen LogP contribution in [0.4, 0.5) is 0 Å². The van der Waals surface area contributed by atoms with Crippen molar-refractivity contribution >= 4 is 23.2 Å². The van der Waals surface area contributed by atoms with Crippen molar-refractivity contribution in [3.63, 3.8) is 0 Å². The van der Waals surface area contributed by atoms with Gasteiger partial charge in [-0.25, -0.2) is 0 Å². The van der Waals surface area contributed by atoms with E-state index in [4.69, 9.17) is 0 Å². The summed E-state index contributed by atoms with van der Waals surface area (Å²) in [7, 11) is 1.79. The number of hydrogen-bond acceptors (Lipinski definition) is 4. The van der Waals surface area contributed by atoms with Gasteiger partial charge >= 0.3 is 0 Å². The van der Waals surface area contributed by atoms with Gasteiger partial charge in [-0.05, 0) is 35.1 Å². The molecule has 3 heterocycles. The normalized spacial score (nSPS) is 16.9. The first kappa shape index (κ1) is 21.1. The molecule has 0 aliphatic carbocycles. The van der Waals surface area contributed by atoms with E-state index >= 15 is 0 Å². The van der Waals surface area contributed by atoms with Crippen LogP contribution >= 0.6 is 11.3 Å². The minimum absolute atomic E-state index is 0.0681. The van der Waals surface area contributed by atoms with Gasteiger partial charge in [-0.2, -0.15) is 5.10 Å². The summed E-state index contributed by atoms with van der Waals surface area (Å²) in [5.74, 6) is -0.367. The van der Waals surface area contributed by atoms with E-state index in [-0.39, 0.29) is 17.7 Å². The summed E-state index contributed by atoms with van der Waals surface area (Å²) in [6.45, 7) is 5.64. The maximum absolute atomic E-state index is 13.2. The van der Waals surface area contributed by atoms with Crippen molar-refractivity contribution in [1.82, 2.24) is 19.6 Å². The van der Waals surface area contributed by atoms with Crippen LogP contribution in [0, 0.1) is 5.92 Å². The summed E-state index contributed by atoms with van der Waals surface area (Å²) >= 11 is 1.71. The second-order valence-electron chi connectivity index (χ2n) is 7.77. The minimum Gasteiger partial charge on any atom is -0.337 e. The molecule has 0 saturated carbocycles. The highest BCUT2D eigenvalue weighted by Gasteiger charge is 2.32. The molecule has 1 atom stereocenters. The Morgan fingerprint density at radius 2 is 2.03 bits per heavy atom. The standard InChI is InChI=1S/C24H26N4O2S/c1-3-11-27-13-14-28(24(30)21-10-12-26(2)25-21)17-20(23(27)29)16-18-6-8-19(9-7-18)22-5-4-15-31-22/h3-10,12,15,20H,1,11,13-14,16-17H2,2H3. The summed E-state index contributed by atoms with van der Waals surface area (Å²) in [6.07, 6.45) is 4.08. The van der Waals surface area contributed by atoms with E-state index in [0.717, 1.165) is 5.56 Å². The summed E-state index contributed by atoms with van der Waals surface area (Å²) in [4.78, 5) is 31.0. The molecule has 0 N–H and O–H groups in total. The summed E-state index contributed by atoms with van der Waals surface area (Å²) in [5, 5.41) is 6.31. The molecular weight excluding hydrogens is 408 g/mol. The fourth-order valence-electron chi connectivity index (χ4n) is 3.94. The van der Waals surface area contributed by atoms with Gasteiger partial charge in [-0.3, -0.25) is 14.3 Å². The molecule has 1 aromatic carbocycles. The van der Waals surface area contributed by atoms with Gasteiger partial charge in [0.1, 0.15) is 5.69 Å². The van der Waals surface area contributed by atoms with Crippen LogP contribution in [0.25, 0.3) is 10.4 Å². The van der Waals surface area contributed by atoms with Crippen LogP contribution in [0.2, 0.25) is 0 Å². The van der Waals surface area contributed by atoms with Crippen LogP contribution in [-0.2, 0) is 18.3 Å². The van der Waals surface area contributed by atoms with Crippen LogP contribution < -0.4 is 0 Å². The zero-order valence-electron chi connectivity index (χ0n) is 17.6. The quantitative estimate of drug-likeness (QED) is 0.558. The number of carbonyl (C=O) groups excluding carboxylic acids is 2. The van der Waals surface area contributed by atoms with E-state index in [1.165, 1.54) is 10.4 Å². The number of aryl methyl sites for hydroxylation is 1. The smallest absolute Gasteiger partial charge is 0.274 e. The molecule has 31 heavy (non-hydrogen) atoms. The Bertz CT molecular complexity index is 1060. The molecule has 1 saturated heterocycles. The van der Waals surface area contributed by atoms with Gasteiger partial charge in [0.05, 0.1) is 5.92 Å². The maximum Gasteiger partial charge on any atom is 0.274 e. The van der Waals surface area contributed by atoms with Crippen molar-refractivity contribution in [2.45, 2.75) is 6.42 Å². The molecule has 1 fully saturated rings. The largest absolute Gasteiger partial charge is 0.337 e. The third-order valence-electron chi connectivity index (χ3n) is 5.55. The molecule has 0 spiro atoms. The molecule has 1 aliphatic rings. The SMILES string of the molecule is C=CCN1CCN(C(=O)c2ccn(C)n2)CC(Cc2ccc(-c3cccs3)cc2)C1=O. The first-order valence-corrected chi connectivity index (χ1v) is 11.2. The molecular formula is C24H26N4O2S. The Morgan fingerprint density at radius 1 is 1.23 bits per heavy atom. The average molecular weight is 435 g/mol. The summed E-state index contributed by atoms with van der Waals surface area (Å²) < 4.78 is 1.62. The second kappa shape index (κ2) is 9.31. The lowest BCUT2D eigenvalue weighted by molar-refractivity contribution is -0.134. The molecule has 6 nitrogen and oxygen atoms in total. The zero-order valence-corrected chi connectivity index (χ0v) is 18.4. The van der Waals surface area contributed by atoms with E-state index in [1.807, 2.05) is 6.07 Å². The van der Waals surface area contributed by atoms with Crippen molar-refractivity contribution in [3.05, 3.63) is 78.0 Å². The highest BCUT2D eigenvalue weighted by molar-refractivity contribution is 7.13.